The molecule has 0 amide bonds. The van der Waals surface area contributed by atoms with E-state index >= 15 is 0 Å². The van der Waals surface area contributed by atoms with Gasteiger partial charge < -0.3 is 24.8 Å². The van der Waals surface area contributed by atoms with E-state index in [1.54, 1.807) is 0 Å². The van der Waals surface area contributed by atoms with Crippen molar-refractivity contribution in [3.8, 4) is 0 Å². The number of hydrogen-bond acceptors (Lipinski definition) is 5. The highest BCUT2D eigenvalue weighted by Gasteiger charge is 2.60. The van der Waals surface area contributed by atoms with Gasteiger partial charge in [-0.05, 0) is 91.3 Å². The second-order valence-corrected chi connectivity index (χ2v) is 14.4. The molecule has 3 N–H and O–H groups in total. The van der Waals surface area contributed by atoms with Crippen LogP contribution in [-0.4, -0.2) is 60.1 Å². The molecule has 2 unspecified atom stereocenters. The molecule has 0 radical (unpaired) electrons. The van der Waals surface area contributed by atoms with Crippen molar-refractivity contribution in [3.05, 3.63) is 11.6 Å². The van der Waals surface area contributed by atoms with E-state index in [0.717, 1.165) is 42.4 Å². The summed E-state index contributed by atoms with van der Waals surface area (Å²) in [6.45, 7) is 13.1. The van der Waals surface area contributed by atoms with Crippen LogP contribution in [0.25, 0.3) is 0 Å². The summed E-state index contributed by atoms with van der Waals surface area (Å²) < 4.78 is 11.2. The number of rotatable bonds is 13. The largest absolute Gasteiger partial charge is 0.394 e. The normalized spacial score (nSPS) is 40.3. The molecule has 38 heavy (non-hydrogen) atoms. The fraction of sp³-hybridized carbons (Fsp3) is 0.939. The fourth-order valence-electron chi connectivity index (χ4n) is 9.76. The average Bonchev–Trinajstić information content (AvgIpc) is 3.23. The molecule has 0 aromatic heterocycles. The van der Waals surface area contributed by atoms with Crippen LogP contribution in [0.2, 0.25) is 0 Å². The standard InChI is InChI=1S/C33H58O5/c1-23(2)7-6-8-24(3)27-11-12-28-26-10-9-25-21-33(36,30(22-35)38-20-19-37-18-17-34)16-15-31(25,4)29(26)13-14-32(27,28)5/h9,23-24,26-30,34-36H,6-8,10-22H2,1-5H3/t24-,26+,27-,28+,29+,30?,31+,32-,33?/m1/s1. The van der Waals surface area contributed by atoms with Crippen molar-refractivity contribution >= 4 is 0 Å². The van der Waals surface area contributed by atoms with Gasteiger partial charge in [0, 0.05) is 6.42 Å². The Morgan fingerprint density at radius 2 is 1.74 bits per heavy atom. The Morgan fingerprint density at radius 1 is 0.947 bits per heavy atom. The zero-order chi connectivity index (χ0) is 27.6. The van der Waals surface area contributed by atoms with Crippen molar-refractivity contribution in [1.29, 1.82) is 0 Å². The van der Waals surface area contributed by atoms with E-state index in [0.29, 0.717) is 37.4 Å². The summed E-state index contributed by atoms with van der Waals surface area (Å²) in [6, 6.07) is 0. The Labute approximate surface area is 232 Å². The highest BCUT2D eigenvalue weighted by Crippen LogP contribution is 2.68. The molecule has 0 spiro atoms. The molecule has 9 atom stereocenters. The minimum atomic E-state index is -1.03. The molecule has 4 aliphatic rings. The van der Waals surface area contributed by atoms with Gasteiger partial charge in [0.05, 0.1) is 38.6 Å². The molecule has 0 aromatic rings. The van der Waals surface area contributed by atoms with Crippen molar-refractivity contribution in [2.24, 2.45) is 46.3 Å². The third kappa shape index (κ3) is 5.93. The van der Waals surface area contributed by atoms with Gasteiger partial charge in [-0.1, -0.05) is 65.5 Å². The maximum atomic E-state index is 11.7. The Morgan fingerprint density at radius 3 is 2.45 bits per heavy atom. The number of fused-ring (bicyclic) bond motifs is 5. The summed E-state index contributed by atoms with van der Waals surface area (Å²) >= 11 is 0. The first-order valence-electron chi connectivity index (χ1n) is 15.9. The Bertz CT molecular complexity index is 796. The molecule has 3 fully saturated rings. The van der Waals surface area contributed by atoms with Gasteiger partial charge in [0.2, 0.25) is 0 Å². The van der Waals surface area contributed by atoms with Crippen molar-refractivity contribution in [3.63, 3.8) is 0 Å². The van der Waals surface area contributed by atoms with E-state index in [-0.39, 0.29) is 25.2 Å². The van der Waals surface area contributed by atoms with Crippen LogP contribution in [0.15, 0.2) is 11.6 Å². The van der Waals surface area contributed by atoms with Crippen molar-refractivity contribution in [1.82, 2.24) is 0 Å². The molecule has 5 heteroatoms. The summed E-state index contributed by atoms with van der Waals surface area (Å²) in [7, 11) is 0. The quantitative estimate of drug-likeness (QED) is 0.195. The van der Waals surface area contributed by atoms with Crippen LogP contribution in [0.3, 0.4) is 0 Å². The number of hydrogen-bond donors (Lipinski definition) is 3. The number of aliphatic hydroxyl groups excluding tert-OH is 2. The van der Waals surface area contributed by atoms with Gasteiger partial charge in [-0.2, -0.15) is 0 Å². The lowest BCUT2D eigenvalue weighted by Crippen LogP contribution is -2.56. The number of aliphatic hydroxyl groups is 3. The zero-order valence-electron chi connectivity index (χ0n) is 25.1. The summed E-state index contributed by atoms with van der Waals surface area (Å²) in [5, 5.41) is 30.6. The SMILES string of the molecule is CC(C)CCC[C@@H](C)[C@H]1CC[C@H]2[C@@H]3CC=C4CC(O)(C(CO)OCCOCCO)CC[C@]4(C)[C@H]3CC[C@]12C. The predicted octanol–water partition coefficient (Wildman–Crippen LogP) is 6.15. The lowest BCUT2D eigenvalue weighted by molar-refractivity contribution is -0.157. The second kappa shape index (κ2) is 12.6. The summed E-state index contributed by atoms with van der Waals surface area (Å²) in [5.74, 6) is 4.84. The number of ether oxygens (including phenoxy) is 2. The third-order valence-electron chi connectivity index (χ3n) is 11.9. The van der Waals surface area contributed by atoms with Crippen LogP contribution in [0.4, 0.5) is 0 Å². The highest BCUT2D eigenvalue weighted by atomic mass is 16.5. The number of allylic oxidation sites excluding steroid dienone is 1. The van der Waals surface area contributed by atoms with Gasteiger partial charge in [0.1, 0.15) is 6.10 Å². The zero-order valence-corrected chi connectivity index (χ0v) is 25.1. The van der Waals surface area contributed by atoms with Gasteiger partial charge >= 0.3 is 0 Å². The summed E-state index contributed by atoms with van der Waals surface area (Å²) in [5.41, 5.74) is 1.02. The van der Waals surface area contributed by atoms with E-state index in [9.17, 15) is 10.2 Å². The van der Waals surface area contributed by atoms with Gasteiger partial charge in [0.15, 0.2) is 0 Å². The first kappa shape index (κ1) is 30.5. The second-order valence-electron chi connectivity index (χ2n) is 14.4. The molecule has 5 nitrogen and oxygen atoms in total. The molecule has 4 rings (SSSR count). The molecular formula is C33H58O5. The van der Waals surface area contributed by atoms with Crippen molar-refractivity contribution < 1.29 is 24.8 Å². The van der Waals surface area contributed by atoms with Crippen LogP contribution >= 0.6 is 0 Å². The fourth-order valence-corrected chi connectivity index (χ4v) is 9.76. The maximum absolute atomic E-state index is 11.7. The lowest BCUT2D eigenvalue weighted by Gasteiger charge is -2.59. The Hall–Kier alpha value is -0.460. The van der Waals surface area contributed by atoms with Gasteiger partial charge in [0.25, 0.3) is 0 Å². The van der Waals surface area contributed by atoms with Crippen LogP contribution in [0, 0.1) is 46.3 Å². The van der Waals surface area contributed by atoms with E-state index < -0.39 is 11.7 Å². The summed E-state index contributed by atoms with van der Waals surface area (Å²) in [4.78, 5) is 0. The maximum Gasteiger partial charge on any atom is 0.110 e. The molecule has 3 saturated carbocycles. The first-order valence-corrected chi connectivity index (χ1v) is 15.9. The smallest absolute Gasteiger partial charge is 0.110 e. The Balaban J connectivity index is 1.42. The molecule has 0 aliphatic heterocycles. The predicted molar refractivity (Wildman–Crippen MR) is 153 cm³/mol. The van der Waals surface area contributed by atoms with E-state index in [4.69, 9.17) is 14.6 Å². The summed E-state index contributed by atoms with van der Waals surface area (Å²) in [6.07, 6.45) is 14.9. The molecule has 0 aromatic carbocycles. The Kier molecular flexibility index (Phi) is 10.1. The van der Waals surface area contributed by atoms with Crippen LogP contribution in [-0.2, 0) is 9.47 Å². The highest BCUT2D eigenvalue weighted by molar-refractivity contribution is 5.28. The molecule has 0 heterocycles. The van der Waals surface area contributed by atoms with Gasteiger partial charge in [-0.15, -0.1) is 0 Å². The third-order valence-corrected chi connectivity index (χ3v) is 11.9. The lowest BCUT2D eigenvalue weighted by atomic mass is 9.46. The molecular weight excluding hydrogens is 476 g/mol. The van der Waals surface area contributed by atoms with E-state index in [2.05, 4.69) is 40.7 Å². The van der Waals surface area contributed by atoms with E-state index in [1.807, 2.05) is 0 Å². The first-order chi connectivity index (χ1) is 18.1. The van der Waals surface area contributed by atoms with Crippen LogP contribution < -0.4 is 0 Å². The van der Waals surface area contributed by atoms with Crippen molar-refractivity contribution in [2.45, 2.75) is 117 Å². The van der Waals surface area contributed by atoms with Gasteiger partial charge in [-0.25, -0.2) is 0 Å². The topological polar surface area (TPSA) is 79.2 Å². The molecule has 4 aliphatic carbocycles. The minimum absolute atomic E-state index is 0.0136. The van der Waals surface area contributed by atoms with Crippen LogP contribution in [0.1, 0.15) is 105 Å². The van der Waals surface area contributed by atoms with E-state index in [1.165, 1.54) is 50.5 Å². The van der Waals surface area contributed by atoms with Gasteiger partial charge in [-0.3, -0.25) is 0 Å². The van der Waals surface area contributed by atoms with Crippen molar-refractivity contribution in [2.75, 3.05) is 33.0 Å². The van der Waals surface area contributed by atoms with Crippen LogP contribution in [0.5, 0.6) is 0 Å². The molecule has 0 bridgehead atoms. The molecule has 220 valence electrons. The molecule has 0 saturated heterocycles. The monoisotopic (exact) mass is 534 g/mol. The minimum Gasteiger partial charge on any atom is -0.394 e. The average molecular weight is 535 g/mol.